The van der Waals surface area contributed by atoms with Crippen molar-refractivity contribution in [1.82, 2.24) is 4.90 Å². The van der Waals surface area contributed by atoms with Crippen molar-refractivity contribution in [2.75, 3.05) is 6.54 Å². The predicted octanol–water partition coefficient (Wildman–Crippen LogP) is 2.36. The van der Waals surface area contributed by atoms with E-state index in [1.807, 2.05) is 6.92 Å². The molecule has 1 aromatic carbocycles. The van der Waals surface area contributed by atoms with Gasteiger partial charge in [-0.2, -0.15) is 0 Å². The number of likely N-dealkylation sites (tertiary alicyclic amines) is 1. The second-order valence-corrected chi connectivity index (χ2v) is 5.50. The van der Waals surface area contributed by atoms with Gasteiger partial charge in [-0.05, 0) is 31.9 Å². The van der Waals surface area contributed by atoms with E-state index in [0.717, 1.165) is 12.8 Å². The number of piperidine rings is 1. The van der Waals surface area contributed by atoms with E-state index in [1.54, 1.807) is 11.0 Å². The standard InChI is InChI=1S/C14H18ClFN2O/c1-9-7-10(17)5-6-18(9)14(19)8-11-12(15)3-2-4-13(11)16/h2-4,9-10H,5-8,17H2,1H3. The molecule has 2 unspecified atom stereocenters. The summed E-state index contributed by atoms with van der Waals surface area (Å²) in [7, 11) is 0. The molecule has 1 saturated heterocycles. The fraction of sp³-hybridized carbons (Fsp3) is 0.500. The number of rotatable bonds is 2. The summed E-state index contributed by atoms with van der Waals surface area (Å²) in [6, 6.07) is 4.71. The van der Waals surface area contributed by atoms with Crippen LogP contribution >= 0.6 is 11.6 Å². The van der Waals surface area contributed by atoms with Crippen LogP contribution in [0.25, 0.3) is 0 Å². The number of halogens is 2. The van der Waals surface area contributed by atoms with Crippen molar-refractivity contribution in [3.63, 3.8) is 0 Å². The zero-order chi connectivity index (χ0) is 14.0. The van der Waals surface area contributed by atoms with Gasteiger partial charge in [-0.25, -0.2) is 4.39 Å². The Morgan fingerprint density at radius 3 is 2.95 bits per heavy atom. The summed E-state index contributed by atoms with van der Waals surface area (Å²) in [4.78, 5) is 14.0. The lowest BCUT2D eigenvalue weighted by Gasteiger charge is -2.36. The van der Waals surface area contributed by atoms with E-state index in [2.05, 4.69) is 0 Å². The van der Waals surface area contributed by atoms with Crippen molar-refractivity contribution in [1.29, 1.82) is 0 Å². The smallest absolute Gasteiger partial charge is 0.227 e. The Hall–Kier alpha value is -1.13. The van der Waals surface area contributed by atoms with Crippen molar-refractivity contribution < 1.29 is 9.18 Å². The van der Waals surface area contributed by atoms with Crippen LogP contribution in [0, 0.1) is 5.82 Å². The van der Waals surface area contributed by atoms with Crippen LogP contribution in [0.15, 0.2) is 18.2 Å². The molecular weight excluding hydrogens is 267 g/mol. The van der Waals surface area contributed by atoms with Crippen molar-refractivity contribution in [3.8, 4) is 0 Å². The van der Waals surface area contributed by atoms with Gasteiger partial charge in [0.2, 0.25) is 5.91 Å². The normalized spacial score (nSPS) is 23.5. The maximum Gasteiger partial charge on any atom is 0.227 e. The minimum atomic E-state index is -0.429. The van der Waals surface area contributed by atoms with E-state index in [0.29, 0.717) is 11.6 Å². The number of hydrogen-bond acceptors (Lipinski definition) is 2. The lowest BCUT2D eigenvalue weighted by molar-refractivity contribution is -0.133. The highest BCUT2D eigenvalue weighted by Gasteiger charge is 2.27. The second-order valence-electron chi connectivity index (χ2n) is 5.10. The Morgan fingerprint density at radius 1 is 1.58 bits per heavy atom. The van der Waals surface area contributed by atoms with E-state index in [4.69, 9.17) is 17.3 Å². The van der Waals surface area contributed by atoms with E-state index in [1.165, 1.54) is 12.1 Å². The molecular formula is C14H18ClFN2O. The Labute approximate surface area is 117 Å². The SMILES string of the molecule is CC1CC(N)CCN1C(=O)Cc1c(F)cccc1Cl. The lowest BCUT2D eigenvalue weighted by Crippen LogP contribution is -2.48. The Morgan fingerprint density at radius 2 is 2.32 bits per heavy atom. The summed E-state index contributed by atoms with van der Waals surface area (Å²) in [6.45, 7) is 2.60. The monoisotopic (exact) mass is 284 g/mol. The first-order chi connectivity index (χ1) is 8.99. The maximum atomic E-state index is 13.7. The number of nitrogens with zero attached hydrogens (tertiary/aromatic N) is 1. The predicted molar refractivity (Wildman–Crippen MR) is 73.5 cm³/mol. The first-order valence-electron chi connectivity index (χ1n) is 6.47. The van der Waals surface area contributed by atoms with E-state index in [-0.39, 0.29) is 30.0 Å². The summed E-state index contributed by atoms with van der Waals surface area (Å²) in [5.41, 5.74) is 6.14. The maximum absolute atomic E-state index is 13.7. The summed E-state index contributed by atoms with van der Waals surface area (Å²) in [6.07, 6.45) is 1.59. The van der Waals surface area contributed by atoms with Crippen LogP contribution in [0.4, 0.5) is 4.39 Å². The number of amides is 1. The molecule has 0 aromatic heterocycles. The van der Waals surface area contributed by atoms with Gasteiger partial charge < -0.3 is 10.6 Å². The van der Waals surface area contributed by atoms with Gasteiger partial charge in [0.05, 0.1) is 6.42 Å². The minimum absolute atomic E-state index is 0.00504. The Balaban J connectivity index is 2.09. The van der Waals surface area contributed by atoms with Crippen LogP contribution in [0.3, 0.4) is 0 Å². The van der Waals surface area contributed by atoms with Crippen LogP contribution in [0.1, 0.15) is 25.3 Å². The zero-order valence-corrected chi connectivity index (χ0v) is 11.7. The highest BCUT2D eigenvalue weighted by Crippen LogP contribution is 2.22. The average molecular weight is 285 g/mol. The molecule has 1 aliphatic heterocycles. The topological polar surface area (TPSA) is 46.3 Å². The fourth-order valence-corrected chi connectivity index (χ4v) is 2.76. The van der Waals surface area contributed by atoms with Gasteiger partial charge in [0.15, 0.2) is 0 Å². The van der Waals surface area contributed by atoms with Gasteiger partial charge in [-0.3, -0.25) is 4.79 Å². The van der Waals surface area contributed by atoms with Crippen molar-refractivity contribution in [2.45, 2.75) is 38.3 Å². The Bertz CT molecular complexity index is 460. The molecule has 0 bridgehead atoms. The van der Waals surface area contributed by atoms with Gasteiger partial charge >= 0.3 is 0 Å². The summed E-state index contributed by atoms with van der Waals surface area (Å²) in [5, 5.41) is 0.301. The van der Waals surface area contributed by atoms with E-state index in [9.17, 15) is 9.18 Å². The molecule has 0 saturated carbocycles. The van der Waals surface area contributed by atoms with Crippen LogP contribution in [-0.2, 0) is 11.2 Å². The van der Waals surface area contributed by atoms with Crippen LogP contribution in [-0.4, -0.2) is 29.4 Å². The van der Waals surface area contributed by atoms with E-state index >= 15 is 0 Å². The largest absolute Gasteiger partial charge is 0.340 e. The molecule has 0 radical (unpaired) electrons. The van der Waals surface area contributed by atoms with Gasteiger partial charge in [0.1, 0.15) is 5.82 Å². The average Bonchev–Trinajstić information content (AvgIpc) is 2.33. The lowest BCUT2D eigenvalue weighted by atomic mass is 9.98. The molecule has 104 valence electrons. The van der Waals surface area contributed by atoms with Crippen molar-refractivity contribution >= 4 is 17.5 Å². The first kappa shape index (κ1) is 14.3. The van der Waals surface area contributed by atoms with Gasteiger partial charge in [0.25, 0.3) is 0 Å². The summed E-state index contributed by atoms with van der Waals surface area (Å²) in [5.74, 6) is -0.520. The molecule has 2 rings (SSSR count). The quantitative estimate of drug-likeness (QED) is 0.906. The highest BCUT2D eigenvalue weighted by atomic mass is 35.5. The number of carbonyl (C=O) groups is 1. The molecule has 2 atom stereocenters. The van der Waals surface area contributed by atoms with Gasteiger partial charge in [-0.1, -0.05) is 17.7 Å². The summed E-state index contributed by atoms with van der Waals surface area (Å²) < 4.78 is 13.7. The molecule has 2 N–H and O–H groups in total. The van der Waals surface area contributed by atoms with Crippen molar-refractivity contribution in [2.24, 2.45) is 5.73 Å². The fourth-order valence-electron chi connectivity index (χ4n) is 2.53. The number of nitrogens with two attached hydrogens (primary N) is 1. The Kier molecular flexibility index (Phi) is 4.42. The van der Waals surface area contributed by atoms with E-state index < -0.39 is 5.82 Å². The minimum Gasteiger partial charge on any atom is -0.340 e. The third-order valence-electron chi connectivity index (χ3n) is 3.63. The van der Waals surface area contributed by atoms with Crippen LogP contribution in [0.2, 0.25) is 5.02 Å². The number of hydrogen-bond donors (Lipinski definition) is 1. The highest BCUT2D eigenvalue weighted by molar-refractivity contribution is 6.31. The van der Waals surface area contributed by atoms with Crippen LogP contribution < -0.4 is 5.73 Å². The molecule has 0 spiro atoms. The van der Waals surface area contributed by atoms with Crippen LogP contribution in [0.5, 0.6) is 0 Å². The number of benzene rings is 1. The molecule has 0 aliphatic carbocycles. The molecule has 1 amide bonds. The zero-order valence-electron chi connectivity index (χ0n) is 10.9. The summed E-state index contributed by atoms with van der Waals surface area (Å²) >= 11 is 5.94. The molecule has 5 heteroatoms. The molecule has 1 heterocycles. The van der Waals surface area contributed by atoms with Gasteiger partial charge in [-0.15, -0.1) is 0 Å². The molecule has 1 fully saturated rings. The third-order valence-corrected chi connectivity index (χ3v) is 3.98. The first-order valence-corrected chi connectivity index (χ1v) is 6.84. The van der Waals surface area contributed by atoms with Crippen molar-refractivity contribution in [3.05, 3.63) is 34.6 Å². The third kappa shape index (κ3) is 3.25. The molecule has 19 heavy (non-hydrogen) atoms. The number of carbonyl (C=O) groups excluding carboxylic acids is 1. The molecule has 1 aliphatic rings. The molecule has 3 nitrogen and oxygen atoms in total. The van der Waals surface area contributed by atoms with Gasteiger partial charge in [0, 0.05) is 29.2 Å². The second kappa shape index (κ2) is 5.88. The molecule has 1 aromatic rings.